The molecule has 0 heterocycles. The van der Waals surface area contributed by atoms with Crippen molar-refractivity contribution in [1.29, 1.82) is 0 Å². The maximum Gasteiger partial charge on any atom is 0.00617 e. The zero-order chi connectivity index (χ0) is 27.9. The van der Waals surface area contributed by atoms with Crippen LogP contribution in [0.4, 0.5) is 0 Å². The van der Waals surface area contributed by atoms with Crippen LogP contribution in [0.15, 0.2) is 164 Å². The van der Waals surface area contributed by atoms with E-state index in [9.17, 15) is 0 Å². The molecular formula is C42H30. The second kappa shape index (κ2) is 10.3. The van der Waals surface area contributed by atoms with Crippen molar-refractivity contribution in [2.24, 2.45) is 0 Å². The molecular weight excluding hydrogens is 504 g/mol. The van der Waals surface area contributed by atoms with Crippen LogP contribution in [0.1, 0.15) is 23.5 Å². The monoisotopic (exact) mass is 534 g/mol. The number of fused-ring (bicyclic) bond motifs is 3. The molecule has 1 aliphatic rings. The molecule has 0 saturated heterocycles. The molecule has 0 bridgehead atoms. The Morgan fingerprint density at radius 2 is 0.976 bits per heavy atom. The Morgan fingerprint density at radius 1 is 0.429 bits per heavy atom. The first-order valence-electron chi connectivity index (χ1n) is 14.8. The Bertz CT molecular complexity index is 2090. The molecule has 0 radical (unpaired) electrons. The Hall–Kier alpha value is -5.20. The topological polar surface area (TPSA) is 0 Å². The van der Waals surface area contributed by atoms with E-state index in [1.165, 1.54) is 71.3 Å². The van der Waals surface area contributed by atoms with E-state index in [2.05, 4.69) is 164 Å². The molecule has 0 nitrogen and oxygen atoms in total. The van der Waals surface area contributed by atoms with Crippen molar-refractivity contribution in [3.05, 3.63) is 175 Å². The predicted molar refractivity (Wildman–Crippen MR) is 181 cm³/mol. The van der Waals surface area contributed by atoms with Crippen LogP contribution < -0.4 is 0 Å². The van der Waals surface area contributed by atoms with Gasteiger partial charge in [-0.05, 0) is 83.8 Å². The van der Waals surface area contributed by atoms with Gasteiger partial charge in [0.2, 0.25) is 0 Å². The summed E-state index contributed by atoms with van der Waals surface area (Å²) in [6, 6.07) is 53.4. The third-order valence-corrected chi connectivity index (χ3v) is 8.82. The largest absolute Gasteiger partial charge is 0.0767 e. The molecule has 0 spiro atoms. The van der Waals surface area contributed by atoms with Crippen molar-refractivity contribution >= 4 is 37.9 Å². The van der Waals surface area contributed by atoms with Gasteiger partial charge in [-0.1, -0.05) is 158 Å². The van der Waals surface area contributed by atoms with E-state index in [1.54, 1.807) is 0 Å². The lowest BCUT2D eigenvalue weighted by atomic mass is 9.83. The fourth-order valence-electron chi connectivity index (χ4n) is 6.77. The molecule has 0 saturated carbocycles. The maximum atomic E-state index is 2.34. The average Bonchev–Trinajstić information content (AvgIpc) is 3.07. The van der Waals surface area contributed by atoms with Crippen LogP contribution in [0.5, 0.6) is 0 Å². The number of benzene rings is 7. The highest BCUT2D eigenvalue weighted by Gasteiger charge is 2.18. The van der Waals surface area contributed by atoms with E-state index < -0.39 is 0 Å². The summed E-state index contributed by atoms with van der Waals surface area (Å²) in [7, 11) is 0. The fourth-order valence-corrected chi connectivity index (χ4v) is 6.77. The molecule has 0 N–H and O–H groups in total. The quantitative estimate of drug-likeness (QED) is 0.197. The first-order valence-corrected chi connectivity index (χ1v) is 14.8. The molecule has 7 aromatic carbocycles. The summed E-state index contributed by atoms with van der Waals surface area (Å²) >= 11 is 0. The lowest BCUT2D eigenvalue weighted by Gasteiger charge is -2.21. The van der Waals surface area contributed by atoms with Gasteiger partial charge in [-0.15, -0.1) is 0 Å². The standard InChI is InChI=1S/C42H30/c1-2-11-29(12-3-1)34-15-10-16-35(27-34)31-21-24-32(25-22-31)41-37-17-6-8-19-39(37)42(40-20-9-7-18-38(40)41)36-26-23-30-13-4-5-14-33(30)28-36/h1-26,28,35H,27H2. The lowest BCUT2D eigenvalue weighted by Crippen LogP contribution is -2.01. The van der Waals surface area contributed by atoms with Crippen molar-refractivity contribution in [3.63, 3.8) is 0 Å². The van der Waals surface area contributed by atoms with Crippen molar-refractivity contribution in [3.8, 4) is 22.3 Å². The zero-order valence-electron chi connectivity index (χ0n) is 23.4. The molecule has 42 heavy (non-hydrogen) atoms. The van der Waals surface area contributed by atoms with Gasteiger partial charge in [0.1, 0.15) is 0 Å². The Morgan fingerprint density at radius 3 is 1.64 bits per heavy atom. The molecule has 1 atom stereocenters. The molecule has 8 rings (SSSR count). The Labute approximate surface area is 246 Å². The van der Waals surface area contributed by atoms with E-state index in [-0.39, 0.29) is 0 Å². The Balaban J connectivity index is 1.25. The van der Waals surface area contributed by atoms with Crippen molar-refractivity contribution in [1.82, 2.24) is 0 Å². The van der Waals surface area contributed by atoms with Gasteiger partial charge < -0.3 is 0 Å². The van der Waals surface area contributed by atoms with Gasteiger partial charge in [0.15, 0.2) is 0 Å². The van der Waals surface area contributed by atoms with E-state index in [1.807, 2.05) is 0 Å². The first kappa shape index (κ1) is 24.6. The van der Waals surface area contributed by atoms with Crippen LogP contribution in [0.2, 0.25) is 0 Å². The first-order chi connectivity index (χ1) is 20.8. The number of hydrogen-bond donors (Lipinski definition) is 0. The van der Waals surface area contributed by atoms with Crippen LogP contribution in [0.25, 0.3) is 60.1 Å². The third-order valence-electron chi connectivity index (χ3n) is 8.82. The SMILES string of the molecule is C1=CC(c2ccc(-c3c4ccccc4c(-c4ccc5ccccc5c4)c4ccccc34)cc2)CC(c2ccccc2)=C1. The minimum absolute atomic E-state index is 0.378. The third kappa shape index (κ3) is 4.24. The lowest BCUT2D eigenvalue weighted by molar-refractivity contribution is 0.868. The van der Waals surface area contributed by atoms with Crippen LogP contribution in [-0.4, -0.2) is 0 Å². The van der Waals surface area contributed by atoms with Gasteiger partial charge in [0, 0.05) is 5.92 Å². The molecule has 1 unspecified atom stereocenters. The van der Waals surface area contributed by atoms with Crippen LogP contribution in [-0.2, 0) is 0 Å². The van der Waals surface area contributed by atoms with Gasteiger partial charge >= 0.3 is 0 Å². The van der Waals surface area contributed by atoms with Gasteiger partial charge in [0.05, 0.1) is 0 Å². The van der Waals surface area contributed by atoms with E-state index in [0.717, 1.165) is 6.42 Å². The summed E-state index contributed by atoms with van der Waals surface area (Å²) in [4.78, 5) is 0. The molecule has 198 valence electrons. The van der Waals surface area contributed by atoms with Crippen LogP contribution in [0.3, 0.4) is 0 Å². The highest BCUT2D eigenvalue weighted by Crippen LogP contribution is 2.44. The molecule has 0 heteroatoms. The second-order valence-corrected chi connectivity index (χ2v) is 11.3. The van der Waals surface area contributed by atoms with Crippen LogP contribution >= 0.6 is 0 Å². The minimum Gasteiger partial charge on any atom is -0.0767 e. The smallest absolute Gasteiger partial charge is 0.00617 e. The summed E-state index contributed by atoms with van der Waals surface area (Å²) in [6.07, 6.45) is 7.84. The van der Waals surface area contributed by atoms with Gasteiger partial charge in [0.25, 0.3) is 0 Å². The minimum atomic E-state index is 0.378. The van der Waals surface area contributed by atoms with Gasteiger partial charge in [-0.3, -0.25) is 0 Å². The molecule has 7 aromatic rings. The van der Waals surface area contributed by atoms with Gasteiger partial charge in [-0.25, -0.2) is 0 Å². The Kier molecular flexibility index (Phi) is 6.04. The predicted octanol–water partition coefficient (Wildman–Crippen LogP) is 11.6. The summed E-state index contributed by atoms with van der Waals surface area (Å²) in [5.41, 5.74) is 9.20. The molecule has 0 amide bonds. The van der Waals surface area contributed by atoms with E-state index in [0.29, 0.717) is 5.92 Å². The van der Waals surface area contributed by atoms with Crippen LogP contribution in [0, 0.1) is 0 Å². The number of allylic oxidation sites excluding steroid dienone is 4. The highest BCUT2D eigenvalue weighted by atomic mass is 14.2. The average molecular weight is 535 g/mol. The fraction of sp³-hybridized carbons (Fsp3) is 0.0476. The van der Waals surface area contributed by atoms with E-state index >= 15 is 0 Å². The molecule has 0 aromatic heterocycles. The van der Waals surface area contributed by atoms with Crippen molar-refractivity contribution in [2.75, 3.05) is 0 Å². The highest BCUT2D eigenvalue weighted by molar-refractivity contribution is 6.21. The maximum absolute atomic E-state index is 2.34. The molecule has 1 aliphatic carbocycles. The van der Waals surface area contributed by atoms with Crippen molar-refractivity contribution in [2.45, 2.75) is 12.3 Å². The second-order valence-electron chi connectivity index (χ2n) is 11.3. The van der Waals surface area contributed by atoms with Gasteiger partial charge in [-0.2, -0.15) is 0 Å². The summed E-state index contributed by atoms with van der Waals surface area (Å²) in [5.74, 6) is 0.378. The normalized spacial score (nSPS) is 14.9. The van der Waals surface area contributed by atoms with E-state index in [4.69, 9.17) is 0 Å². The molecule has 0 aliphatic heterocycles. The summed E-state index contributed by atoms with van der Waals surface area (Å²) in [5, 5.41) is 7.70. The molecule has 0 fully saturated rings. The summed E-state index contributed by atoms with van der Waals surface area (Å²) in [6.45, 7) is 0. The van der Waals surface area contributed by atoms with Crippen molar-refractivity contribution < 1.29 is 0 Å². The zero-order valence-corrected chi connectivity index (χ0v) is 23.4. The summed E-state index contributed by atoms with van der Waals surface area (Å²) < 4.78 is 0. The number of rotatable bonds is 4. The number of hydrogen-bond acceptors (Lipinski definition) is 0.